The zero-order valence-electron chi connectivity index (χ0n) is 14.0. The van der Waals surface area contributed by atoms with Crippen molar-refractivity contribution in [2.24, 2.45) is 0 Å². The SMILES string of the molecule is CN(c1ccnc(C2CC2)n1)C1CCN(Cc2cccc(Cl)c2)C1. The highest BCUT2D eigenvalue weighted by molar-refractivity contribution is 6.30. The molecule has 1 aliphatic heterocycles. The first-order valence-corrected chi connectivity index (χ1v) is 9.09. The largest absolute Gasteiger partial charge is 0.355 e. The lowest BCUT2D eigenvalue weighted by molar-refractivity contribution is 0.326. The van der Waals surface area contributed by atoms with Crippen molar-refractivity contribution in [2.75, 3.05) is 25.0 Å². The number of likely N-dealkylation sites (tertiary alicyclic amines) is 1. The van der Waals surface area contributed by atoms with Crippen LogP contribution in [0.5, 0.6) is 0 Å². The number of benzene rings is 1. The van der Waals surface area contributed by atoms with Gasteiger partial charge in [0.15, 0.2) is 0 Å². The van der Waals surface area contributed by atoms with E-state index in [9.17, 15) is 0 Å². The molecule has 0 spiro atoms. The summed E-state index contributed by atoms with van der Waals surface area (Å²) in [5.74, 6) is 2.68. The van der Waals surface area contributed by atoms with Crippen molar-refractivity contribution >= 4 is 17.4 Å². The van der Waals surface area contributed by atoms with Gasteiger partial charge in [-0.3, -0.25) is 4.90 Å². The molecule has 1 atom stereocenters. The van der Waals surface area contributed by atoms with E-state index in [1.807, 2.05) is 24.4 Å². The molecular weight excluding hydrogens is 320 g/mol. The topological polar surface area (TPSA) is 32.3 Å². The van der Waals surface area contributed by atoms with E-state index in [1.54, 1.807) is 0 Å². The maximum atomic E-state index is 6.09. The Morgan fingerprint density at radius 1 is 1.25 bits per heavy atom. The Kier molecular flexibility index (Phi) is 4.42. The normalized spacial score (nSPS) is 21.2. The number of rotatable bonds is 5. The predicted octanol–water partition coefficient (Wildman–Crippen LogP) is 3.72. The highest BCUT2D eigenvalue weighted by Crippen LogP contribution is 2.38. The maximum Gasteiger partial charge on any atom is 0.133 e. The molecule has 0 amide bonds. The van der Waals surface area contributed by atoms with Crippen LogP contribution in [0.2, 0.25) is 5.02 Å². The monoisotopic (exact) mass is 342 g/mol. The summed E-state index contributed by atoms with van der Waals surface area (Å²) < 4.78 is 0. The third-order valence-electron chi connectivity index (χ3n) is 5.05. The van der Waals surface area contributed by atoms with Crippen LogP contribution in [0.1, 0.15) is 36.6 Å². The molecule has 0 N–H and O–H groups in total. The van der Waals surface area contributed by atoms with Gasteiger partial charge in [-0.25, -0.2) is 9.97 Å². The lowest BCUT2D eigenvalue weighted by Crippen LogP contribution is -2.35. The molecular formula is C19H23ClN4. The molecule has 2 aromatic rings. The van der Waals surface area contributed by atoms with Crippen molar-refractivity contribution in [3.8, 4) is 0 Å². The summed E-state index contributed by atoms with van der Waals surface area (Å²) in [6, 6.07) is 10.7. The van der Waals surface area contributed by atoms with Gasteiger partial charge in [0, 0.05) is 49.9 Å². The van der Waals surface area contributed by atoms with Crippen LogP contribution in [0, 0.1) is 0 Å². The van der Waals surface area contributed by atoms with E-state index < -0.39 is 0 Å². The molecule has 1 aromatic carbocycles. The molecule has 24 heavy (non-hydrogen) atoms. The summed E-state index contributed by atoms with van der Waals surface area (Å²) in [6.07, 6.45) is 5.55. The average molecular weight is 343 g/mol. The first-order valence-electron chi connectivity index (χ1n) is 8.71. The maximum absolute atomic E-state index is 6.09. The van der Waals surface area contributed by atoms with Crippen molar-refractivity contribution in [3.05, 3.63) is 52.9 Å². The minimum Gasteiger partial charge on any atom is -0.355 e. The predicted molar refractivity (Wildman–Crippen MR) is 97.5 cm³/mol. The molecule has 2 fully saturated rings. The van der Waals surface area contributed by atoms with Crippen LogP contribution in [0.4, 0.5) is 5.82 Å². The lowest BCUT2D eigenvalue weighted by Gasteiger charge is -2.26. The van der Waals surface area contributed by atoms with Gasteiger partial charge in [0.2, 0.25) is 0 Å². The number of likely N-dealkylation sites (N-methyl/N-ethyl adjacent to an activating group) is 1. The Morgan fingerprint density at radius 2 is 2.12 bits per heavy atom. The van der Waals surface area contributed by atoms with Crippen LogP contribution in [-0.4, -0.2) is 41.0 Å². The van der Waals surface area contributed by atoms with Gasteiger partial charge in [-0.05, 0) is 43.0 Å². The second-order valence-corrected chi connectivity index (χ2v) is 7.40. The summed E-state index contributed by atoms with van der Waals surface area (Å²) in [4.78, 5) is 14.0. The minimum absolute atomic E-state index is 0.506. The molecule has 4 nitrogen and oxygen atoms in total. The molecule has 1 saturated carbocycles. The van der Waals surface area contributed by atoms with Crippen LogP contribution in [0.25, 0.3) is 0 Å². The molecule has 2 heterocycles. The fraction of sp³-hybridized carbons (Fsp3) is 0.474. The molecule has 1 aliphatic carbocycles. The quantitative estimate of drug-likeness (QED) is 0.829. The fourth-order valence-corrected chi connectivity index (χ4v) is 3.66. The van der Waals surface area contributed by atoms with Crippen molar-refractivity contribution in [3.63, 3.8) is 0 Å². The highest BCUT2D eigenvalue weighted by Gasteiger charge is 2.29. The summed E-state index contributed by atoms with van der Waals surface area (Å²) in [5.41, 5.74) is 1.28. The number of halogens is 1. The van der Waals surface area contributed by atoms with Gasteiger partial charge in [-0.15, -0.1) is 0 Å². The van der Waals surface area contributed by atoms with E-state index in [1.165, 1.54) is 24.8 Å². The van der Waals surface area contributed by atoms with Crippen LogP contribution in [0.3, 0.4) is 0 Å². The van der Waals surface area contributed by atoms with Crippen molar-refractivity contribution in [2.45, 2.75) is 37.8 Å². The van der Waals surface area contributed by atoms with Crippen molar-refractivity contribution in [1.82, 2.24) is 14.9 Å². The van der Waals surface area contributed by atoms with Gasteiger partial charge in [-0.1, -0.05) is 23.7 Å². The molecule has 1 aromatic heterocycles. The highest BCUT2D eigenvalue weighted by atomic mass is 35.5. The Hall–Kier alpha value is -1.65. The van der Waals surface area contributed by atoms with Gasteiger partial charge in [-0.2, -0.15) is 0 Å². The molecule has 0 radical (unpaired) electrons. The van der Waals surface area contributed by atoms with Gasteiger partial charge in [0.25, 0.3) is 0 Å². The first kappa shape index (κ1) is 15.9. The minimum atomic E-state index is 0.506. The standard InChI is InChI=1S/C19H23ClN4/c1-23(18-7-9-21-19(22-18)15-5-6-15)17-8-10-24(13-17)12-14-3-2-4-16(20)11-14/h2-4,7,9,11,15,17H,5-6,8,10,12-13H2,1H3. The van der Waals surface area contributed by atoms with Crippen molar-refractivity contribution < 1.29 is 0 Å². The van der Waals surface area contributed by atoms with E-state index in [0.29, 0.717) is 12.0 Å². The molecule has 1 saturated heterocycles. The van der Waals surface area contributed by atoms with E-state index >= 15 is 0 Å². The van der Waals surface area contributed by atoms with Gasteiger partial charge < -0.3 is 4.90 Å². The van der Waals surface area contributed by atoms with E-state index in [4.69, 9.17) is 16.6 Å². The average Bonchev–Trinajstić information content (AvgIpc) is 3.34. The second-order valence-electron chi connectivity index (χ2n) is 6.97. The van der Waals surface area contributed by atoms with Crippen LogP contribution in [-0.2, 0) is 6.54 Å². The smallest absolute Gasteiger partial charge is 0.133 e. The molecule has 4 rings (SSSR count). The molecule has 5 heteroatoms. The zero-order valence-corrected chi connectivity index (χ0v) is 14.8. The van der Waals surface area contributed by atoms with Crippen LogP contribution >= 0.6 is 11.6 Å². The molecule has 0 bridgehead atoms. The lowest BCUT2D eigenvalue weighted by atomic mass is 10.2. The summed E-state index contributed by atoms with van der Waals surface area (Å²) in [7, 11) is 2.16. The molecule has 1 unspecified atom stereocenters. The van der Waals surface area contributed by atoms with Crippen LogP contribution in [0.15, 0.2) is 36.5 Å². The zero-order chi connectivity index (χ0) is 16.5. The van der Waals surface area contributed by atoms with Gasteiger partial charge >= 0.3 is 0 Å². The Bertz CT molecular complexity index is 716. The Labute approximate surface area is 148 Å². The number of hydrogen-bond acceptors (Lipinski definition) is 4. The summed E-state index contributed by atoms with van der Waals surface area (Å²) in [6.45, 7) is 3.13. The van der Waals surface area contributed by atoms with Gasteiger partial charge in [0.05, 0.1) is 0 Å². The summed E-state index contributed by atoms with van der Waals surface area (Å²) in [5, 5.41) is 0.814. The summed E-state index contributed by atoms with van der Waals surface area (Å²) >= 11 is 6.09. The van der Waals surface area contributed by atoms with E-state index in [0.717, 1.165) is 36.3 Å². The number of aromatic nitrogens is 2. The Balaban J connectivity index is 1.39. The Morgan fingerprint density at radius 3 is 2.92 bits per heavy atom. The third kappa shape index (κ3) is 3.55. The third-order valence-corrected chi connectivity index (χ3v) is 5.29. The number of anilines is 1. The van der Waals surface area contributed by atoms with Gasteiger partial charge in [0.1, 0.15) is 11.6 Å². The number of nitrogens with zero attached hydrogens (tertiary/aromatic N) is 4. The molecule has 126 valence electrons. The van der Waals surface area contributed by atoms with E-state index in [2.05, 4.69) is 34.0 Å². The second kappa shape index (κ2) is 6.69. The molecule has 2 aliphatic rings. The van der Waals surface area contributed by atoms with Crippen molar-refractivity contribution in [1.29, 1.82) is 0 Å². The number of hydrogen-bond donors (Lipinski definition) is 0. The van der Waals surface area contributed by atoms with Crippen LogP contribution < -0.4 is 4.90 Å². The van der Waals surface area contributed by atoms with E-state index in [-0.39, 0.29) is 0 Å². The fourth-order valence-electron chi connectivity index (χ4n) is 3.45. The first-order chi connectivity index (χ1) is 11.7.